The average Bonchev–Trinajstić information content (AvgIpc) is 2.34. The Labute approximate surface area is 65.7 Å². The Morgan fingerprint density at radius 2 is 2.40 bits per heavy atom. The van der Waals surface area contributed by atoms with Crippen LogP contribution in [0.2, 0.25) is 0 Å². The maximum absolute atomic E-state index is 8.47. The van der Waals surface area contributed by atoms with Gasteiger partial charge in [0.15, 0.2) is 0 Å². The summed E-state index contributed by atoms with van der Waals surface area (Å²) in [6.45, 7) is 0. The van der Waals surface area contributed by atoms with Crippen LogP contribution in [0.3, 0.4) is 0 Å². The zero-order chi connectivity index (χ0) is 7.56. The van der Waals surface area contributed by atoms with Crippen molar-refractivity contribution in [2.45, 2.75) is 0 Å². The van der Waals surface area contributed by atoms with Crippen LogP contribution in [0.25, 0.3) is 0 Å². The van der Waals surface area contributed by atoms with Crippen molar-refractivity contribution >= 4 is 19.2 Å². The Kier molecular flexibility index (Phi) is 2.10. The van der Waals surface area contributed by atoms with Crippen molar-refractivity contribution in [2.24, 2.45) is 0 Å². The van der Waals surface area contributed by atoms with Gasteiger partial charge in [-0.15, -0.1) is 0 Å². The molecule has 0 N–H and O–H groups in total. The molecule has 1 heterocycles. The van der Waals surface area contributed by atoms with Crippen molar-refractivity contribution in [3.05, 3.63) is 10.6 Å². The van der Waals surface area contributed by atoms with Gasteiger partial charge in [-0.1, -0.05) is 0 Å². The van der Waals surface area contributed by atoms with Crippen molar-refractivity contribution < 1.29 is 0 Å². The summed E-state index contributed by atoms with van der Waals surface area (Å²) in [6.07, 6.45) is 1.65. The van der Waals surface area contributed by atoms with Gasteiger partial charge in [0.1, 0.15) is 0 Å². The molecule has 0 aliphatic rings. The summed E-state index contributed by atoms with van der Waals surface area (Å²) in [5, 5.41) is 8.47. The van der Waals surface area contributed by atoms with Crippen LogP contribution in [0.15, 0.2) is 6.20 Å². The maximum atomic E-state index is 8.47. The van der Waals surface area contributed by atoms with E-state index in [9.17, 15) is 0 Å². The fourth-order valence-electron chi connectivity index (χ4n) is 0.523. The van der Waals surface area contributed by atoms with Crippen molar-refractivity contribution in [1.82, 2.24) is 4.98 Å². The third kappa shape index (κ3) is 1.38. The van der Waals surface area contributed by atoms with Crippen LogP contribution in [0.4, 0.5) is 4.69 Å². The molecule has 0 amide bonds. The predicted molar refractivity (Wildman–Crippen MR) is 40.2 cm³/mol. The summed E-state index contributed by atoms with van der Waals surface area (Å²) in [7, 11) is 3.88. The molecule has 1 aromatic heterocycles. The van der Waals surface area contributed by atoms with E-state index in [0.29, 0.717) is 0 Å². The van der Waals surface area contributed by atoms with Gasteiger partial charge in [-0.25, -0.2) is 0 Å². The second-order valence-corrected chi connectivity index (χ2v) is 4.13. The summed E-state index contributed by atoms with van der Waals surface area (Å²) in [4.78, 5) is 6.02. The topological polar surface area (TPSA) is 39.9 Å². The molecule has 0 unspecified atom stereocenters. The molecule has 52 valence electrons. The Bertz CT molecular complexity index is 258. The summed E-state index contributed by atoms with van der Waals surface area (Å²) >= 11 is 0.151. The summed E-state index contributed by atoms with van der Waals surface area (Å²) in [5.74, 6) is 0. The molecule has 0 radical (unpaired) electrons. The molecule has 0 bridgehead atoms. The molecular weight excluding hydrogens is 193 g/mol. The van der Waals surface area contributed by atoms with E-state index in [-0.39, 0.29) is 14.5 Å². The number of hydrogen-bond donors (Lipinski definition) is 0. The number of nitriles is 1. The molecule has 0 spiro atoms. The van der Waals surface area contributed by atoms with Gasteiger partial charge < -0.3 is 0 Å². The normalized spacial score (nSPS) is 8.90. The summed E-state index contributed by atoms with van der Waals surface area (Å²) in [6, 6.07) is 2.10. The molecule has 0 aromatic carbocycles. The SMILES string of the molecule is CN(C)c1ncc(C#N)[se]1. The van der Waals surface area contributed by atoms with Gasteiger partial charge in [-0.2, -0.15) is 0 Å². The number of hydrogen-bond acceptors (Lipinski definition) is 3. The quantitative estimate of drug-likeness (QED) is 0.602. The molecular formula is C6H7N3Se. The van der Waals surface area contributed by atoms with E-state index in [4.69, 9.17) is 5.26 Å². The van der Waals surface area contributed by atoms with Crippen molar-refractivity contribution in [3.8, 4) is 6.07 Å². The van der Waals surface area contributed by atoms with Gasteiger partial charge >= 0.3 is 65.1 Å². The predicted octanol–water partition coefficient (Wildman–Crippen LogP) is 0.0763. The molecule has 10 heavy (non-hydrogen) atoms. The Balaban J connectivity index is 2.91. The van der Waals surface area contributed by atoms with Crippen LogP contribution in [-0.2, 0) is 0 Å². The first-order valence-corrected chi connectivity index (χ1v) is 4.48. The van der Waals surface area contributed by atoms with Crippen LogP contribution >= 0.6 is 0 Å². The van der Waals surface area contributed by atoms with Crippen LogP contribution in [-0.4, -0.2) is 33.6 Å². The first kappa shape index (κ1) is 7.33. The molecule has 1 aromatic rings. The van der Waals surface area contributed by atoms with E-state index in [1.165, 1.54) is 0 Å². The van der Waals surface area contributed by atoms with Gasteiger partial charge in [-0.05, 0) is 0 Å². The third-order valence-electron chi connectivity index (χ3n) is 0.986. The van der Waals surface area contributed by atoms with Gasteiger partial charge in [-0.3, -0.25) is 0 Å². The minimum atomic E-state index is 0.151. The first-order valence-electron chi connectivity index (χ1n) is 2.77. The van der Waals surface area contributed by atoms with Crippen molar-refractivity contribution in [3.63, 3.8) is 0 Å². The fourth-order valence-corrected chi connectivity index (χ4v) is 1.86. The number of aromatic nitrogens is 1. The van der Waals surface area contributed by atoms with E-state index >= 15 is 0 Å². The Morgan fingerprint density at radius 3 is 2.70 bits per heavy atom. The number of rotatable bonds is 1. The molecule has 0 fully saturated rings. The van der Waals surface area contributed by atoms with Gasteiger partial charge in [0.2, 0.25) is 0 Å². The first-order chi connectivity index (χ1) is 4.74. The standard InChI is InChI=1S/C6H7N3Se/c1-9(2)6-8-4-5(3-7)10-6/h4H,1-2H3. The van der Waals surface area contributed by atoms with Crippen molar-refractivity contribution in [1.29, 1.82) is 5.26 Å². The van der Waals surface area contributed by atoms with E-state index in [2.05, 4.69) is 11.1 Å². The zero-order valence-electron chi connectivity index (χ0n) is 5.83. The van der Waals surface area contributed by atoms with Gasteiger partial charge in [0.05, 0.1) is 0 Å². The van der Waals surface area contributed by atoms with Crippen LogP contribution in [0.5, 0.6) is 0 Å². The minimum absolute atomic E-state index is 0.151. The average molecular weight is 200 g/mol. The Morgan fingerprint density at radius 1 is 1.70 bits per heavy atom. The van der Waals surface area contributed by atoms with Crippen LogP contribution in [0.1, 0.15) is 4.44 Å². The number of nitrogens with zero attached hydrogens (tertiary/aromatic N) is 3. The number of anilines is 1. The third-order valence-corrected chi connectivity index (χ3v) is 3.23. The fraction of sp³-hybridized carbons (Fsp3) is 0.333. The molecule has 4 heteroatoms. The van der Waals surface area contributed by atoms with E-state index in [0.717, 1.165) is 9.13 Å². The monoisotopic (exact) mass is 201 g/mol. The zero-order valence-corrected chi connectivity index (χ0v) is 7.54. The molecule has 0 aliphatic carbocycles. The summed E-state index contributed by atoms with van der Waals surface area (Å²) in [5.41, 5.74) is 0. The van der Waals surface area contributed by atoms with Gasteiger partial charge in [0.25, 0.3) is 0 Å². The molecule has 0 aliphatic heterocycles. The molecule has 0 saturated carbocycles. The summed E-state index contributed by atoms with van der Waals surface area (Å²) < 4.78 is 1.82. The second-order valence-electron chi connectivity index (χ2n) is 2.01. The molecule has 0 saturated heterocycles. The molecule has 3 nitrogen and oxygen atoms in total. The van der Waals surface area contributed by atoms with Crippen molar-refractivity contribution in [2.75, 3.05) is 19.0 Å². The van der Waals surface area contributed by atoms with E-state index in [1.807, 2.05) is 19.0 Å². The molecule has 1 rings (SSSR count). The van der Waals surface area contributed by atoms with Crippen LogP contribution in [0, 0.1) is 11.3 Å². The van der Waals surface area contributed by atoms with E-state index < -0.39 is 0 Å². The molecule has 0 atom stereocenters. The van der Waals surface area contributed by atoms with E-state index in [1.54, 1.807) is 6.20 Å². The Hall–Kier alpha value is -0.781. The van der Waals surface area contributed by atoms with Gasteiger partial charge in [0, 0.05) is 0 Å². The second kappa shape index (κ2) is 2.87. The van der Waals surface area contributed by atoms with Crippen LogP contribution < -0.4 is 4.90 Å².